The minimum absolute atomic E-state index is 0.0724. The molecule has 0 radical (unpaired) electrons. The van der Waals surface area contributed by atoms with Crippen molar-refractivity contribution < 1.29 is 19.0 Å². The van der Waals surface area contributed by atoms with Crippen molar-refractivity contribution in [2.45, 2.75) is 6.10 Å². The highest BCUT2D eigenvalue weighted by Crippen LogP contribution is 2.27. The number of benzene rings is 1. The summed E-state index contributed by atoms with van der Waals surface area (Å²) < 4.78 is 17.0. The van der Waals surface area contributed by atoms with Gasteiger partial charge in [0.05, 0.1) is 31.8 Å². The van der Waals surface area contributed by atoms with Crippen molar-refractivity contribution in [3.8, 4) is 17.4 Å². The maximum absolute atomic E-state index is 12.3. The van der Waals surface area contributed by atoms with E-state index in [1.807, 2.05) is 12.1 Å². The first-order valence-corrected chi connectivity index (χ1v) is 8.44. The van der Waals surface area contributed by atoms with E-state index in [0.717, 1.165) is 4.47 Å². The molecule has 1 aliphatic rings. The summed E-state index contributed by atoms with van der Waals surface area (Å²) in [6.45, 7) is 0.992. The zero-order valence-corrected chi connectivity index (χ0v) is 15.4. The Balaban J connectivity index is 1.55. The lowest BCUT2D eigenvalue weighted by molar-refractivity contribution is 0.0455. The molecule has 8 heteroatoms. The van der Waals surface area contributed by atoms with Crippen LogP contribution >= 0.6 is 15.9 Å². The standard InChI is InChI=1S/C17H18BrN3O4/c1-23-12-6-11(7-13(8-12)24-2)20-17(22)21-9-14(10-21)25-16-15(18)4-3-5-19-16/h3-8,14H,9-10H2,1-2H3,(H,20,22). The van der Waals surface area contributed by atoms with Crippen molar-refractivity contribution in [3.05, 3.63) is 41.0 Å². The highest BCUT2D eigenvalue weighted by Gasteiger charge is 2.33. The summed E-state index contributed by atoms with van der Waals surface area (Å²) in [5.41, 5.74) is 0.609. The molecule has 0 bridgehead atoms. The van der Waals surface area contributed by atoms with E-state index in [9.17, 15) is 4.79 Å². The summed E-state index contributed by atoms with van der Waals surface area (Å²) in [6, 6.07) is 8.70. The van der Waals surface area contributed by atoms with Crippen molar-refractivity contribution >= 4 is 27.6 Å². The third-order valence-corrected chi connectivity index (χ3v) is 4.34. The van der Waals surface area contributed by atoms with Gasteiger partial charge in [-0.3, -0.25) is 0 Å². The van der Waals surface area contributed by atoms with Gasteiger partial charge >= 0.3 is 6.03 Å². The number of anilines is 1. The Kier molecular flexibility index (Phi) is 5.28. The van der Waals surface area contributed by atoms with Gasteiger partial charge in [0.2, 0.25) is 5.88 Å². The molecule has 3 rings (SSSR count). The summed E-state index contributed by atoms with van der Waals surface area (Å²) in [6.07, 6.45) is 1.59. The fourth-order valence-corrected chi connectivity index (χ4v) is 2.72. The van der Waals surface area contributed by atoms with Crippen LogP contribution in [-0.4, -0.2) is 49.3 Å². The van der Waals surface area contributed by atoms with E-state index >= 15 is 0 Å². The average molecular weight is 408 g/mol. The lowest BCUT2D eigenvalue weighted by Gasteiger charge is -2.38. The molecule has 2 heterocycles. The Morgan fingerprint density at radius 2 is 1.92 bits per heavy atom. The number of carbonyl (C=O) groups is 1. The minimum atomic E-state index is -0.199. The summed E-state index contributed by atoms with van der Waals surface area (Å²) in [4.78, 5) is 18.1. The molecule has 2 aromatic rings. The Morgan fingerprint density at radius 1 is 1.24 bits per heavy atom. The first-order valence-electron chi connectivity index (χ1n) is 7.65. The summed E-state index contributed by atoms with van der Waals surface area (Å²) in [5, 5.41) is 2.84. The number of aromatic nitrogens is 1. The molecule has 25 heavy (non-hydrogen) atoms. The van der Waals surface area contributed by atoms with Crippen molar-refractivity contribution in [2.75, 3.05) is 32.6 Å². The number of rotatable bonds is 5. The number of amides is 2. The second-order valence-electron chi connectivity index (χ2n) is 5.47. The zero-order chi connectivity index (χ0) is 17.8. The molecule has 2 amide bonds. The molecule has 0 atom stereocenters. The van der Waals surface area contributed by atoms with Gasteiger partial charge in [0.15, 0.2) is 0 Å². The van der Waals surface area contributed by atoms with Crippen molar-refractivity contribution in [1.82, 2.24) is 9.88 Å². The number of urea groups is 1. The maximum atomic E-state index is 12.3. The van der Waals surface area contributed by atoms with Gasteiger partial charge in [-0.05, 0) is 28.1 Å². The van der Waals surface area contributed by atoms with Gasteiger partial charge in [0.1, 0.15) is 17.6 Å². The normalized spacial score (nSPS) is 13.8. The SMILES string of the molecule is COc1cc(NC(=O)N2CC(Oc3ncccc3Br)C2)cc(OC)c1. The Bertz CT molecular complexity index is 743. The molecule has 1 N–H and O–H groups in total. The molecule has 1 fully saturated rings. The molecule has 0 saturated carbocycles. The number of hydrogen-bond donors (Lipinski definition) is 1. The van der Waals surface area contributed by atoms with E-state index in [0.29, 0.717) is 36.2 Å². The number of nitrogens with one attached hydrogen (secondary N) is 1. The van der Waals surface area contributed by atoms with Gasteiger partial charge in [-0.1, -0.05) is 0 Å². The first-order chi connectivity index (χ1) is 12.1. The quantitative estimate of drug-likeness (QED) is 0.823. The van der Waals surface area contributed by atoms with Crippen molar-refractivity contribution in [2.24, 2.45) is 0 Å². The fourth-order valence-electron chi connectivity index (χ4n) is 2.38. The fraction of sp³-hybridized carbons (Fsp3) is 0.294. The van der Waals surface area contributed by atoms with Crippen LogP contribution in [0.4, 0.5) is 10.5 Å². The largest absolute Gasteiger partial charge is 0.497 e. The molecule has 1 aromatic carbocycles. The van der Waals surface area contributed by atoms with Crippen molar-refractivity contribution in [1.29, 1.82) is 0 Å². The summed E-state index contributed by atoms with van der Waals surface area (Å²) in [7, 11) is 3.13. The number of likely N-dealkylation sites (tertiary alicyclic amines) is 1. The molecule has 0 spiro atoms. The van der Waals surface area contributed by atoms with Crippen LogP contribution in [0.2, 0.25) is 0 Å². The molecular formula is C17H18BrN3O4. The number of carbonyl (C=O) groups excluding carboxylic acids is 1. The average Bonchev–Trinajstić information content (AvgIpc) is 2.58. The van der Waals surface area contributed by atoms with Gasteiger partial charge in [-0.2, -0.15) is 0 Å². The van der Waals surface area contributed by atoms with Gasteiger partial charge in [0, 0.05) is 30.1 Å². The van der Waals surface area contributed by atoms with Crippen LogP contribution in [0.1, 0.15) is 0 Å². The van der Waals surface area contributed by atoms with Crippen LogP contribution in [0.3, 0.4) is 0 Å². The second-order valence-corrected chi connectivity index (χ2v) is 6.32. The Hall–Kier alpha value is -2.48. The number of nitrogens with zero attached hydrogens (tertiary/aromatic N) is 2. The number of halogens is 1. The van der Waals surface area contributed by atoms with Gasteiger partial charge in [-0.15, -0.1) is 0 Å². The third kappa shape index (κ3) is 4.14. The van der Waals surface area contributed by atoms with Gasteiger partial charge in [-0.25, -0.2) is 9.78 Å². The molecule has 1 aliphatic heterocycles. The Morgan fingerprint density at radius 3 is 2.52 bits per heavy atom. The van der Waals surface area contributed by atoms with E-state index in [1.54, 1.807) is 43.5 Å². The molecule has 132 valence electrons. The van der Waals surface area contributed by atoms with Crippen LogP contribution in [-0.2, 0) is 0 Å². The third-order valence-electron chi connectivity index (χ3n) is 3.74. The molecular weight excluding hydrogens is 390 g/mol. The van der Waals surface area contributed by atoms with E-state index in [1.165, 1.54) is 0 Å². The van der Waals surface area contributed by atoms with Crippen LogP contribution in [0.25, 0.3) is 0 Å². The first kappa shape index (κ1) is 17.3. The van der Waals surface area contributed by atoms with Crippen molar-refractivity contribution in [3.63, 3.8) is 0 Å². The highest BCUT2D eigenvalue weighted by molar-refractivity contribution is 9.10. The van der Waals surface area contributed by atoms with E-state index in [-0.39, 0.29) is 12.1 Å². The smallest absolute Gasteiger partial charge is 0.322 e. The number of ether oxygens (including phenoxy) is 3. The highest BCUT2D eigenvalue weighted by atomic mass is 79.9. The lowest BCUT2D eigenvalue weighted by Crippen LogP contribution is -2.57. The minimum Gasteiger partial charge on any atom is -0.497 e. The van der Waals surface area contributed by atoms with Crippen LogP contribution in [0, 0.1) is 0 Å². The number of methoxy groups -OCH3 is 2. The predicted molar refractivity (Wildman–Crippen MR) is 96.5 cm³/mol. The zero-order valence-electron chi connectivity index (χ0n) is 13.9. The summed E-state index contributed by atoms with van der Waals surface area (Å²) in [5.74, 6) is 1.75. The summed E-state index contributed by atoms with van der Waals surface area (Å²) >= 11 is 3.39. The number of hydrogen-bond acceptors (Lipinski definition) is 5. The monoisotopic (exact) mass is 407 g/mol. The molecule has 7 nitrogen and oxygen atoms in total. The van der Waals surface area contributed by atoms with E-state index in [4.69, 9.17) is 14.2 Å². The predicted octanol–water partition coefficient (Wildman–Crippen LogP) is 3.16. The van der Waals surface area contributed by atoms with Crippen LogP contribution in [0.15, 0.2) is 41.0 Å². The molecule has 0 aliphatic carbocycles. The van der Waals surface area contributed by atoms with Gasteiger partial charge in [0.25, 0.3) is 0 Å². The van der Waals surface area contributed by atoms with Gasteiger partial charge < -0.3 is 24.4 Å². The lowest BCUT2D eigenvalue weighted by atomic mass is 10.2. The molecule has 0 unspecified atom stereocenters. The Labute approximate surface area is 154 Å². The topological polar surface area (TPSA) is 72.9 Å². The second kappa shape index (κ2) is 7.60. The maximum Gasteiger partial charge on any atom is 0.322 e. The van der Waals surface area contributed by atoms with Crippen LogP contribution in [0.5, 0.6) is 17.4 Å². The molecule has 1 saturated heterocycles. The molecule has 1 aromatic heterocycles. The van der Waals surface area contributed by atoms with E-state index in [2.05, 4.69) is 26.2 Å². The van der Waals surface area contributed by atoms with Crippen LogP contribution < -0.4 is 19.5 Å². The van der Waals surface area contributed by atoms with E-state index < -0.39 is 0 Å². The number of pyridine rings is 1.